The van der Waals surface area contributed by atoms with Crippen LogP contribution in [0, 0.1) is 0 Å². The summed E-state index contributed by atoms with van der Waals surface area (Å²) in [6.45, 7) is 6.80. The predicted molar refractivity (Wildman–Crippen MR) is 41.6 cm³/mol. The van der Waals surface area contributed by atoms with Crippen LogP contribution in [0.25, 0.3) is 0 Å². The van der Waals surface area contributed by atoms with Gasteiger partial charge in [0.2, 0.25) is 0 Å². The van der Waals surface area contributed by atoms with E-state index in [0.717, 1.165) is 13.2 Å². The molecule has 1 aliphatic rings. The van der Waals surface area contributed by atoms with Gasteiger partial charge in [-0.25, -0.2) is 0 Å². The van der Waals surface area contributed by atoms with Crippen molar-refractivity contribution in [2.75, 3.05) is 26.4 Å². The number of hydrogen-bond donors (Lipinski definition) is 0. The van der Waals surface area contributed by atoms with Crippen molar-refractivity contribution >= 4 is 0 Å². The summed E-state index contributed by atoms with van der Waals surface area (Å²) in [4.78, 5) is 0. The summed E-state index contributed by atoms with van der Waals surface area (Å²) in [5.41, 5.74) is 0. The third-order valence-corrected chi connectivity index (χ3v) is 1.74. The lowest BCUT2D eigenvalue weighted by Gasteiger charge is -2.16. The highest BCUT2D eigenvalue weighted by atomic mass is 16.6. The largest absolute Gasteiger partial charge is 0.376 e. The highest BCUT2D eigenvalue weighted by Gasteiger charge is 2.28. The number of ether oxygens (including phenoxy) is 3. The minimum Gasteiger partial charge on any atom is -0.376 e. The van der Waals surface area contributed by atoms with E-state index in [9.17, 15) is 0 Å². The van der Waals surface area contributed by atoms with Gasteiger partial charge in [0, 0.05) is 13.2 Å². The Morgan fingerprint density at radius 2 is 1.55 bits per heavy atom. The summed E-state index contributed by atoms with van der Waals surface area (Å²) in [6.07, 6.45) is 0.305. The molecule has 1 saturated heterocycles. The first-order chi connectivity index (χ1) is 5.38. The number of hydrogen-bond acceptors (Lipinski definition) is 3. The van der Waals surface area contributed by atoms with E-state index >= 15 is 0 Å². The van der Waals surface area contributed by atoms with E-state index in [0.29, 0.717) is 13.2 Å². The molecule has 1 aliphatic heterocycles. The lowest BCUT2D eigenvalue weighted by molar-refractivity contribution is -0.0388. The number of rotatable bonds is 4. The smallest absolute Gasteiger partial charge is 0.109 e. The fourth-order valence-corrected chi connectivity index (χ4v) is 1.25. The van der Waals surface area contributed by atoms with Gasteiger partial charge in [-0.3, -0.25) is 0 Å². The summed E-state index contributed by atoms with van der Waals surface area (Å²) in [7, 11) is 0. The molecule has 66 valence electrons. The van der Waals surface area contributed by atoms with Crippen molar-refractivity contribution in [1.82, 2.24) is 0 Å². The van der Waals surface area contributed by atoms with E-state index in [2.05, 4.69) is 0 Å². The molecule has 1 fully saturated rings. The van der Waals surface area contributed by atoms with Crippen LogP contribution >= 0.6 is 0 Å². The lowest BCUT2D eigenvalue weighted by atomic mass is 10.2. The molecule has 2 atom stereocenters. The van der Waals surface area contributed by atoms with Crippen molar-refractivity contribution in [3.05, 3.63) is 0 Å². The van der Waals surface area contributed by atoms with Crippen LogP contribution in [-0.4, -0.2) is 38.6 Å². The summed E-state index contributed by atoms with van der Waals surface area (Å²) >= 11 is 0. The fraction of sp³-hybridized carbons (Fsp3) is 1.00. The van der Waals surface area contributed by atoms with Crippen LogP contribution < -0.4 is 0 Å². The van der Waals surface area contributed by atoms with E-state index < -0.39 is 0 Å². The zero-order valence-electron chi connectivity index (χ0n) is 7.21. The summed E-state index contributed by atoms with van der Waals surface area (Å²) < 4.78 is 16.1. The van der Waals surface area contributed by atoms with Gasteiger partial charge in [-0.15, -0.1) is 0 Å². The van der Waals surface area contributed by atoms with Crippen LogP contribution in [0.1, 0.15) is 13.8 Å². The first-order valence-electron chi connectivity index (χ1n) is 4.19. The SMILES string of the molecule is CCO[C@H]1COC[C@H]1OCC. The van der Waals surface area contributed by atoms with E-state index in [1.54, 1.807) is 0 Å². The Morgan fingerprint density at radius 3 is 1.91 bits per heavy atom. The Kier molecular flexibility index (Phi) is 3.83. The standard InChI is InChI=1S/C8H16O3/c1-3-10-7-5-9-6-8(7)11-4-2/h7-8H,3-6H2,1-2H3/t7-,8+. The van der Waals surface area contributed by atoms with Crippen molar-refractivity contribution in [2.24, 2.45) is 0 Å². The second-order valence-electron chi connectivity index (χ2n) is 2.53. The van der Waals surface area contributed by atoms with E-state index in [-0.39, 0.29) is 12.2 Å². The van der Waals surface area contributed by atoms with Gasteiger partial charge in [0.15, 0.2) is 0 Å². The van der Waals surface area contributed by atoms with Crippen LogP contribution in [0.2, 0.25) is 0 Å². The van der Waals surface area contributed by atoms with Crippen molar-refractivity contribution < 1.29 is 14.2 Å². The van der Waals surface area contributed by atoms with Gasteiger partial charge in [-0.1, -0.05) is 0 Å². The fourth-order valence-electron chi connectivity index (χ4n) is 1.25. The normalized spacial score (nSPS) is 31.1. The summed E-state index contributed by atoms with van der Waals surface area (Å²) in [5, 5.41) is 0. The maximum Gasteiger partial charge on any atom is 0.109 e. The Bertz CT molecular complexity index is 93.5. The topological polar surface area (TPSA) is 27.7 Å². The molecule has 0 aliphatic carbocycles. The van der Waals surface area contributed by atoms with Crippen molar-refractivity contribution in [2.45, 2.75) is 26.1 Å². The van der Waals surface area contributed by atoms with Gasteiger partial charge in [-0.05, 0) is 13.8 Å². The summed E-state index contributed by atoms with van der Waals surface area (Å²) in [5.74, 6) is 0. The highest BCUT2D eigenvalue weighted by molar-refractivity contribution is 4.75. The zero-order chi connectivity index (χ0) is 8.10. The maximum absolute atomic E-state index is 5.42. The Balaban J connectivity index is 2.25. The second kappa shape index (κ2) is 4.70. The molecule has 0 radical (unpaired) electrons. The molecule has 0 saturated carbocycles. The van der Waals surface area contributed by atoms with Gasteiger partial charge in [0.25, 0.3) is 0 Å². The molecule has 0 unspecified atom stereocenters. The lowest BCUT2D eigenvalue weighted by Crippen LogP contribution is -2.29. The van der Waals surface area contributed by atoms with Crippen LogP contribution in [0.15, 0.2) is 0 Å². The van der Waals surface area contributed by atoms with Crippen LogP contribution in [0.5, 0.6) is 0 Å². The first kappa shape index (κ1) is 8.97. The molecule has 0 bridgehead atoms. The Hall–Kier alpha value is -0.120. The molecular weight excluding hydrogens is 144 g/mol. The second-order valence-corrected chi connectivity index (χ2v) is 2.53. The van der Waals surface area contributed by atoms with Crippen LogP contribution in [0.4, 0.5) is 0 Å². The molecule has 3 heteroatoms. The molecule has 1 rings (SSSR count). The molecule has 1 heterocycles. The van der Waals surface area contributed by atoms with Gasteiger partial charge in [-0.2, -0.15) is 0 Å². The molecule has 0 N–H and O–H groups in total. The van der Waals surface area contributed by atoms with Gasteiger partial charge in [0.05, 0.1) is 13.2 Å². The molecule has 0 amide bonds. The monoisotopic (exact) mass is 160 g/mol. The first-order valence-corrected chi connectivity index (χ1v) is 4.19. The molecule has 0 aromatic rings. The van der Waals surface area contributed by atoms with Gasteiger partial charge in [0.1, 0.15) is 12.2 Å². The Labute approximate surface area is 67.6 Å². The van der Waals surface area contributed by atoms with Gasteiger partial charge < -0.3 is 14.2 Å². The minimum absolute atomic E-state index is 0.153. The quantitative estimate of drug-likeness (QED) is 0.609. The molecule has 0 spiro atoms. The van der Waals surface area contributed by atoms with E-state index in [1.807, 2.05) is 13.8 Å². The van der Waals surface area contributed by atoms with Crippen molar-refractivity contribution in [3.8, 4) is 0 Å². The molecule has 0 aromatic carbocycles. The van der Waals surface area contributed by atoms with Crippen LogP contribution in [0.3, 0.4) is 0 Å². The van der Waals surface area contributed by atoms with Crippen LogP contribution in [-0.2, 0) is 14.2 Å². The van der Waals surface area contributed by atoms with Crippen molar-refractivity contribution in [3.63, 3.8) is 0 Å². The highest BCUT2D eigenvalue weighted by Crippen LogP contribution is 2.12. The molecule has 3 nitrogen and oxygen atoms in total. The summed E-state index contributed by atoms with van der Waals surface area (Å²) in [6, 6.07) is 0. The molecule has 11 heavy (non-hydrogen) atoms. The average Bonchev–Trinajstić information content (AvgIpc) is 2.39. The molecule has 0 aromatic heterocycles. The minimum atomic E-state index is 0.153. The van der Waals surface area contributed by atoms with E-state index in [4.69, 9.17) is 14.2 Å². The van der Waals surface area contributed by atoms with E-state index in [1.165, 1.54) is 0 Å². The van der Waals surface area contributed by atoms with Crippen molar-refractivity contribution in [1.29, 1.82) is 0 Å². The molecular formula is C8H16O3. The Morgan fingerprint density at radius 1 is 1.09 bits per heavy atom. The third-order valence-electron chi connectivity index (χ3n) is 1.74. The predicted octanol–water partition coefficient (Wildman–Crippen LogP) is 0.827. The van der Waals surface area contributed by atoms with Gasteiger partial charge >= 0.3 is 0 Å². The average molecular weight is 160 g/mol. The zero-order valence-corrected chi connectivity index (χ0v) is 7.21. The maximum atomic E-state index is 5.42. The third kappa shape index (κ3) is 2.43.